The van der Waals surface area contributed by atoms with Crippen LogP contribution in [0.15, 0.2) is 28.8 Å². The minimum absolute atomic E-state index is 0.0148. The first kappa shape index (κ1) is 20.6. The molecule has 2 amide bonds. The number of ether oxygens (including phenoxy) is 1. The zero-order valence-electron chi connectivity index (χ0n) is 15.4. The van der Waals surface area contributed by atoms with Crippen LogP contribution in [0, 0.1) is 31.1 Å². The van der Waals surface area contributed by atoms with E-state index in [1.807, 2.05) is 45.9 Å². The second-order valence-corrected chi connectivity index (χ2v) is 8.16. The average molecular weight is 399 g/mol. The third-order valence-corrected chi connectivity index (χ3v) is 5.01. The Morgan fingerprint density at radius 2 is 1.96 bits per heavy atom. The van der Waals surface area contributed by atoms with Gasteiger partial charge in [0.25, 0.3) is 0 Å². The van der Waals surface area contributed by atoms with E-state index in [4.69, 9.17) is 27.9 Å². The molecule has 7 heteroatoms. The highest BCUT2D eigenvalue weighted by molar-refractivity contribution is 6.55. The van der Waals surface area contributed by atoms with Gasteiger partial charge in [-0.3, -0.25) is 10.1 Å². The van der Waals surface area contributed by atoms with Crippen LogP contribution in [0.3, 0.4) is 0 Å². The van der Waals surface area contributed by atoms with Crippen LogP contribution in [0.4, 0.5) is 10.5 Å². The standard InChI is InChI=1S/C19H24Cl2N2O3/c1-11-5-6-12(2)14(9-11)23-18(25)26-8-7-22-17(24)16-13(10-15(20)21)19(16,3)4/h5-6,9-10,13,16H,7-8H2,1-4H3,(H,22,24)(H,23,25)/t13-,16-/m1/s1. The van der Waals surface area contributed by atoms with Crippen molar-refractivity contribution >= 4 is 40.9 Å². The molecule has 0 spiro atoms. The minimum atomic E-state index is -0.547. The summed E-state index contributed by atoms with van der Waals surface area (Å²) in [5, 5.41) is 5.49. The average Bonchev–Trinajstić information content (AvgIpc) is 3.07. The van der Waals surface area contributed by atoms with Crippen LogP contribution in [0.1, 0.15) is 25.0 Å². The highest BCUT2D eigenvalue weighted by Gasteiger charge is 2.60. The number of hydrogen-bond acceptors (Lipinski definition) is 3. The monoisotopic (exact) mass is 398 g/mol. The Bertz CT molecular complexity index is 727. The van der Waals surface area contributed by atoms with E-state index < -0.39 is 6.09 Å². The number of anilines is 1. The molecular weight excluding hydrogens is 375 g/mol. The van der Waals surface area contributed by atoms with Gasteiger partial charge in [0.05, 0.1) is 12.5 Å². The van der Waals surface area contributed by atoms with Crippen LogP contribution < -0.4 is 10.6 Å². The summed E-state index contributed by atoms with van der Waals surface area (Å²) in [5.74, 6) is -0.260. The molecule has 1 aliphatic carbocycles. The number of nitrogens with one attached hydrogen (secondary N) is 2. The number of rotatable bonds is 6. The summed E-state index contributed by atoms with van der Waals surface area (Å²) in [5.41, 5.74) is 2.53. The number of carbonyl (C=O) groups is 2. The maximum atomic E-state index is 12.2. The summed E-state index contributed by atoms with van der Waals surface area (Å²) < 4.78 is 5.29. The van der Waals surface area contributed by atoms with Gasteiger partial charge in [0.15, 0.2) is 0 Å². The van der Waals surface area contributed by atoms with Gasteiger partial charge in [0.2, 0.25) is 5.91 Å². The molecule has 2 N–H and O–H groups in total. The van der Waals surface area contributed by atoms with Crippen LogP contribution in [0.5, 0.6) is 0 Å². The predicted octanol–water partition coefficient (Wildman–Crippen LogP) is 4.56. The Kier molecular flexibility index (Phi) is 6.58. The Hall–Kier alpha value is -1.72. The molecule has 1 saturated carbocycles. The molecule has 142 valence electrons. The highest BCUT2D eigenvalue weighted by atomic mass is 35.5. The van der Waals surface area contributed by atoms with Crippen molar-refractivity contribution in [1.82, 2.24) is 5.32 Å². The van der Waals surface area contributed by atoms with Gasteiger partial charge in [0, 0.05) is 5.69 Å². The molecule has 1 aliphatic rings. The number of hydrogen-bond donors (Lipinski definition) is 2. The fourth-order valence-corrected chi connectivity index (χ4v) is 3.34. The second kappa shape index (κ2) is 8.31. The zero-order valence-corrected chi connectivity index (χ0v) is 16.9. The van der Waals surface area contributed by atoms with Gasteiger partial charge in [-0.2, -0.15) is 0 Å². The van der Waals surface area contributed by atoms with E-state index >= 15 is 0 Å². The van der Waals surface area contributed by atoms with Crippen molar-refractivity contribution in [2.75, 3.05) is 18.5 Å². The van der Waals surface area contributed by atoms with E-state index in [-0.39, 0.29) is 40.8 Å². The third-order valence-electron chi connectivity index (χ3n) is 4.76. The summed E-state index contributed by atoms with van der Waals surface area (Å²) in [6.07, 6.45) is 1.15. The van der Waals surface area contributed by atoms with Crippen LogP contribution >= 0.6 is 23.2 Å². The molecule has 2 atom stereocenters. The fraction of sp³-hybridized carbons (Fsp3) is 0.474. The van der Waals surface area contributed by atoms with E-state index in [9.17, 15) is 9.59 Å². The van der Waals surface area contributed by atoms with E-state index in [0.717, 1.165) is 11.1 Å². The maximum Gasteiger partial charge on any atom is 0.411 e. The first-order valence-corrected chi connectivity index (χ1v) is 9.20. The predicted molar refractivity (Wildman–Crippen MR) is 104 cm³/mol. The zero-order chi connectivity index (χ0) is 19.5. The lowest BCUT2D eigenvalue weighted by Gasteiger charge is -2.11. The summed E-state index contributed by atoms with van der Waals surface area (Å²) in [4.78, 5) is 24.1. The lowest BCUT2D eigenvalue weighted by Crippen LogP contribution is -2.31. The Balaban J connectivity index is 1.73. The van der Waals surface area contributed by atoms with Crippen molar-refractivity contribution in [3.05, 3.63) is 39.9 Å². The van der Waals surface area contributed by atoms with Crippen LogP contribution in [0.2, 0.25) is 0 Å². The van der Waals surface area contributed by atoms with Crippen molar-refractivity contribution < 1.29 is 14.3 Å². The molecule has 0 aromatic heterocycles. The highest BCUT2D eigenvalue weighted by Crippen LogP contribution is 2.59. The largest absolute Gasteiger partial charge is 0.447 e. The van der Waals surface area contributed by atoms with E-state index in [0.29, 0.717) is 5.69 Å². The molecule has 0 heterocycles. The first-order chi connectivity index (χ1) is 12.1. The first-order valence-electron chi connectivity index (χ1n) is 8.44. The maximum absolute atomic E-state index is 12.2. The van der Waals surface area contributed by atoms with Gasteiger partial charge >= 0.3 is 6.09 Å². The van der Waals surface area contributed by atoms with E-state index in [2.05, 4.69) is 10.6 Å². The van der Waals surface area contributed by atoms with Crippen molar-refractivity contribution in [1.29, 1.82) is 0 Å². The van der Waals surface area contributed by atoms with Gasteiger partial charge in [-0.15, -0.1) is 0 Å². The number of halogens is 2. The number of amides is 2. The van der Waals surface area contributed by atoms with Crippen LogP contribution in [-0.4, -0.2) is 25.2 Å². The summed E-state index contributed by atoms with van der Waals surface area (Å²) in [6.45, 7) is 8.17. The fourth-order valence-electron chi connectivity index (χ4n) is 3.07. The molecule has 5 nitrogen and oxygen atoms in total. The molecule has 0 saturated heterocycles. The number of carbonyl (C=O) groups excluding carboxylic acids is 2. The number of aryl methyl sites for hydroxylation is 2. The van der Waals surface area contributed by atoms with Crippen molar-refractivity contribution in [2.24, 2.45) is 17.3 Å². The topological polar surface area (TPSA) is 67.4 Å². The molecular formula is C19H24Cl2N2O3. The molecule has 1 fully saturated rings. The normalized spacial score (nSPS) is 20.1. The van der Waals surface area contributed by atoms with E-state index in [1.54, 1.807) is 6.08 Å². The molecule has 1 aromatic carbocycles. The molecule has 26 heavy (non-hydrogen) atoms. The number of allylic oxidation sites excluding steroid dienone is 1. The van der Waals surface area contributed by atoms with Gasteiger partial charge in [-0.05, 0) is 48.4 Å². The third kappa shape index (κ3) is 5.15. The Morgan fingerprint density at radius 1 is 1.27 bits per heavy atom. The molecule has 1 aromatic rings. The molecule has 0 unspecified atom stereocenters. The number of benzene rings is 1. The van der Waals surface area contributed by atoms with Crippen LogP contribution in [0.25, 0.3) is 0 Å². The van der Waals surface area contributed by atoms with Crippen molar-refractivity contribution in [3.63, 3.8) is 0 Å². The SMILES string of the molecule is Cc1ccc(C)c(NC(=O)OCCNC(=O)[C@H]2[C@@H](C=C(Cl)Cl)C2(C)C)c1. The second-order valence-electron chi connectivity index (χ2n) is 7.15. The van der Waals surface area contributed by atoms with Crippen molar-refractivity contribution in [2.45, 2.75) is 27.7 Å². The molecule has 0 radical (unpaired) electrons. The summed E-state index contributed by atoms with van der Waals surface area (Å²) in [6, 6.07) is 5.78. The molecule has 0 aliphatic heterocycles. The lowest BCUT2D eigenvalue weighted by molar-refractivity contribution is -0.123. The summed E-state index contributed by atoms with van der Waals surface area (Å²) in [7, 11) is 0. The quantitative estimate of drug-likeness (QED) is 0.690. The van der Waals surface area contributed by atoms with Gasteiger partial charge in [0.1, 0.15) is 11.1 Å². The van der Waals surface area contributed by atoms with Gasteiger partial charge in [-0.25, -0.2) is 4.79 Å². The lowest BCUT2D eigenvalue weighted by atomic mass is 10.1. The van der Waals surface area contributed by atoms with Gasteiger partial charge < -0.3 is 10.1 Å². The molecule has 2 rings (SSSR count). The summed E-state index contributed by atoms with van der Waals surface area (Å²) >= 11 is 11.4. The Labute approximate surface area is 164 Å². The van der Waals surface area contributed by atoms with Crippen LogP contribution in [-0.2, 0) is 9.53 Å². The van der Waals surface area contributed by atoms with Crippen molar-refractivity contribution in [3.8, 4) is 0 Å². The minimum Gasteiger partial charge on any atom is -0.447 e. The van der Waals surface area contributed by atoms with E-state index in [1.165, 1.54) is 0 Å². The Morgan fingerprint density at radius 3 is 2.62 bits per heavy atom. The molecule has 0 bridgehead atoms. The smallest absolute Gasteiger partial charge is 0.411 e. The van der Waals surface area contributed by atoms with Gasteiger partial charge in [-0.1, -0.05) is 49.2 Å².